The first-order valence-electron chi connectivity index (χ1n) is 5.83. The summed E-state index contributed by atoms with van der Waals surface area (Å²) in [5.41, 5.74) is 1.13. The third-order valence-corrected chi connectivity index (χ3v) is 4.44. The van der Waals surface area contributed by atoms with Crippen LogP contribution in [0.1, 0.15) is 13.3 Å². The molecule has 0 radical (unpaired) electrons. The predicted octanol–water partition coefficient (Wildman–Crippen LogP) is 0.273. The fourth-order valence-corrected chi connectivity index (χ4v) is 3.13. The van der Waals surface area contributed by atoms with E-state index in [0.29, 0.717) is 18.1 Å². The van der Waals surface area contributed by atoms with E-state index in [1.807, 2.05) is 0 Å². The summed E-state index contributed by atoms with van der Waals surface area (Å²) in [6.45, 7) is 10.1. The lowest BCUT2D eigenvalue weighted by atomic mass is 10.2. The minimum absolute atomic E-state index is 0.293. The Labute approximate surface area is 98.6 Å². The van der Waals surface area contributed by atoms with Crippen molar-refractivity contribution >= 4 is 9.84 Å². The summed E-state index contributed by atoms with van der Waals surface area (Å²) >= 11 is 0. The Kier molecular flexibility index (Phi) is 5.44. The topological polar surface area (TPSA) is 49.4 Å². The molecule has 4 nitrogen and oxygen atoms in total. The van der Waals surface area contributed by atoms with Gasteiger partial charge in [-0.2, -0.15) is 0 Å². The number of likely N-dealkylation sites (N-methyl/N-ethyl adjacent to an activating group) is 1. The van der Waals surface area contributed by atoms with Crippen LogP contribution in [0, 0.1) is 0 Å². The second kappa shape index (κ2) is 6.37. The Hall–Kier alpha value is -0.390. The number of hydrogen-bond acceptors (Lipinski definition) is 4. The summed E-state index contributed by atoms with van der Waals surface area (Å²) < 4.78 is 22.8. The van der Waals surface area contributed by atoms with Gasteiger partial charge in [0, 0.05) is 19.6 Å². The van der Waals surface area contributed by atoms with Crippen LogP contribution in [0.15, 0.2) is 12.2 Å². The highest BCUT2D eigenvalue weighted by Crippen LogP contribution is 2.06. The molecule has 0 aromatic carbocycles. The fourth-order valence-electron chi connectivity index (χ4n) is 1.82. The van der Waals surface area contributed by atoms with Crippen molar-refractivity contribution in [3.63, 3.8) is 0 Å². The van der Waals surface area contributed by atoms with Gasteiger partial charge in [-0.3, -0.25) is 4.90 Å². The third-order valence-electron chi connectivity index (χ3n) is 2.72. The lowest BCUT2D eigenvalue weighted by molar-refractivity contribution is 0.318. The van der Waals surface area contributed by atoms with E-state index in [-0.39, 0.29) is 0 Å². The Morgan fingerprint density at radius 2 is 2.12 bits per heavy atom. The standard InChI is InChI=1S/C11H22N2O2S/c1-3-12-9-11(2)10-13-5-4-7-16(14,15)8-6-13/h12H,2-10H2,1H3. The average Bonchev–Trinajstić information content (AvgIpc) is 2.37. The maximum atomic E-state index is 11.4. The first-order valence-corrected chi connectivity index (χ1v) is 7.66. The van der Waals surface area contributed by atoms with E-state index >= 15 is 0 Å². The van der Waals surface area contributed by atoms with Crippen LogP contribution in [0.5, 0.6) is 0 Å². The lowest BCUT2D eigenvalue weighted by Crippen LogP contribution is -2.31. The first kappa shape index (κ1) is 13.7. The Morgan fingerprint density at radius 1 is 1.38 bits per heavy atom. The van der Waals surface area contributed by atoms with Crippen LogP contribution in [-0.4, -0.2) is 57.5 Å². The Bertz CT molecular complexity index is 325. The highest BCUT2D eigenvalue weighted by molar-refractivity contribution is 7.91. The van der Waals surface area contributed by atoms with Crippen molar-refractivity contribution in [1.29, 1.82) is 0 Å². The molecule has 0 unspecified atom stereocenters. The zero-order valence-electron chi connectivity index (χ0n) is 10.0. The van der Waals surface area contributed by atoms with Crippen molar-refractivity contribution in [1.82, 2.24) is 10.2 Å². The molecule has 5 heteroatoms. The second-order valence-electron chi connectivity index (χ2n) is 4.31. The van der Waals surface area contributed by atoms with Crippen molar-refractivity contribution in [3.8, 4) is 0 Å². The summed E-state index contributed by atoms with van der Waals surface area (Å²) in [6.07, 6.45) is 0.747. The number of nitrogens with one attached hydrogen (secondary N) is 1. The lowest BCUT2D eigenvalue weighted by Gasteiger charge is -2.20. The zero-order valence-corrected chi connectivity index (χ0v) is 10.9. The van der Waals surface area contributed by atoms with Crippen molar-refractivity contribution < 1.29 is 8.42 Å². The van der Waals surface area contributed by atoms with Gasteiger partial charge in [-0.05, 0) is 25.1 Å². The normalized spacial score (nSPS) is 21.6. The molecule has 0 aliphatic carbocycles. The number of nitrogens with zero attached hydrogens (tertiary/aromatic N) is 1. The monoisotopic (exact) mass is 246 g/mol. The van der Waals surface area contributed by atoms with Crippen molar-refractivity contribution in [2.45, 2.75) is 13.3 Å². The molecule has 1 rings (SSSR count). The van der Waals surface area contributed by atoms with Crippen LogP contribution in [0.4, 0.5) is 0 Å². The van der Waals surface area contributed by atoms with Crippen LogP contribution in [0.25, 0.3) is 0 Å². The van der Waals surface area contributed by atoms with Crippen LogP contribution in [-0.2, 0) is 9.84 Å². The van der Waals surface area contributed by atoms with Crippen molar-refractivity contribution in [3.05, 3.63) is 12.2 Å². The van der Waals surface area contributed by atoms with Gasteiger partial charge in [0.25, 0.3) is 0 Å². The van der Waals surface area contributed by atoms with E-state index in [2.05, 4.69) is 23.7 Å². The van der Waals surface area contributed by atoms with Gasteiger partial charge in [0.05, 0.1) is 11.5 Å². The number of rotatable bonds is 5. The van der Waals surface area contributed by atoms with E-state index in [1.54, 1.807) is 0 Å². The average molecular weight is 246 g/mol. The molecule has 0 atom stereocenters. The predicted molar refractivity (Wildman–Crippen MR) is 67.4 cm³/mol. The van der Waals surface area contributed by atoms with Crippen LogP contribution >= 0.6 is 0 Å². The summed E-state index contributed by atoms with van der Waals surface area (Å²) in [6, 6.07) is 0. The van der Waals surface area contributed by atoms with Gasteiger partial charge in [0.15, 0.2) is 9.84 Å². The second-order valence-corrected chi connectivity index (χ2v) is 6.62. The Balaban J connectivity index is 2.35. The molecule has 1 aliphatic rings. The maximum absolute atomic E-state index is 11.4. The fraction of sp³-hybridized carbons (Fsp3) is 0.818. The molecule has 0 aromatic heterocycles. The maximum Gasteiger partial charge on any atom is 0.151 e. The number of sulfone groups is 1. The molecule has 0 amide bonds. The first-order chi connectivity index (χ1) is 7.53. The molecule has 1 aliphatic heterocycles. The van der Waals surface area contributed by atoms with Crippen molar-refractivity contribution in [2.24, 2.45) is 0 Å². The van der Waals surface area contributed by atoms with E-state index in [9.17, 15) is 8.42 Å². The summed E-state index contributed by atoms with van der Waals surface area (Å²) in [5.74, 6) is 0.630. The minimum Gasteiger partial charge on any atom is -0.313 e. The quantitative estimate of drug-likeness (QED) is 0.708. The summed E-state index contributed by atoms with van der Waals surface area (Å²) in [4.78, 5) is 2.18. The highest BCUT2D eigenvalue weighted by Gasteiger charge is 2.18. The van der Waals surface area contributed by atoms with Gasteiger partial charge in [-0.25, -0.2) is 8.42 Å². The molecule has 0 spiro atoms. The van der Waals surface area contributed by atoms with Gasteiger partial charge in [0.1, 0.15) is 0 Å². The minimum atomic E-state index is -2.79. The van der Waals surface area contributed by atoms with E-state index in [4.69, 9.17) is 0 Å². The highest BCUT2D eigenvalue weighted by atomic mass is 32.2. The van der Waals surface area contributed by atoms with Crippen molar-refractivity contribution in [2.75, 3.05) is 44.2 Å². The van der Waals surface area contributed by atoms with Crippen LogP contribution in [0.3, 0.4) is 0 Å². The van der Waals surface area contributed by atoms with Gasteiger partial charge >= 0.3 is 0 Å². The molecule has 1 N–H and O–H groups in total. The van der Waals surface area contributed by atoms with E-state index in [1.165, 1.54) is 0 Å². The Morgan fingerprint density at radius 3 is 2.81 bits per heavy atom. The molecular formula is C11H22N2O2S. The van der Waals surface area contributed by atoms with Crippen LogP contribution in [0.2, 0.25) is 0 Å². The SMILES string of the molecule is C=C(CNCC)CN1CCCS(=O)(=O)CC1. The van der Waals surface area contributed by atoms with E-state index < -0.39 is 9.84 Å². The summed E-state index contributed by atoms with van der Waals surface area (Å²) in [7, 11) is -2.79. The molecule has 1 heterocycles. The molecule has 1 fully saturated rings. The molecular weight excluding hydrogens is 224 g/mol. The van der Waals surface area contributed by atoms with Gasteiger partial charge in [-0.15, -0.1) is 0 Å². The summed E-state index contributed by atoms with van der Waals surface area (Å²) in [5, 5.41) is 3.23. The van der Waals surface area contributed by atoms with Crippen LogP contribution < -0.4 is 5.32 Å². The molecule has 1 saturated heterocycles. The van der Waals surface area contributed by atoms with Gasteiger partial charge in [-0.1, -0.05) is 13.5 Å². The smallest absolute Gasteiger partial charge is 0.151 e. The molecule has 0 saturated carbocycles. The number of hydrogen-bond donors (Lipinski definition) is 1. The third kappa shape index (κ3) is 5.09. The largest absolute Gasteiger partial charge is 0.313 e. The molecule has 16 heavy (non-hydrogen) atoms. The molecule has 0 aromatic rings. The van der Waals surface area contributed by atoms with Gasteiger partial charge in [0.2, 0.25) is 0 Å². The van der Waals surface area contributed by atoms with E-state index in [0.717, 1.165) is 38.2 Å². The zero-order chi connectivity index (χ0) is 12.0. The molecule has 94 valence electrons. The van der Waals surface area contributed by atoms with Gasteiger partial charge < -0.3 is 5.32 Å². The molecule has 0 bridgehead atoms.